The highest BCUT2D eigenvalue weighted by Crippen LogP contribution is 2.28. The number of nitrogens with two attached hydrogens (primary N) is 1. The Labute approximate surface area is 103 Å². The van der Waals surface area contributed by atoms with Crippen LogP contribution in [0.25, 0.3) is 0 Å². The predicted octanol–water partition coefficient (Wildman–Crippen LogP) is 1.94. The maximum absolute atomic E-state index is 6.00. The van der Waals surface area contributed by atoms with E-state index in [1.54, 1.807) is 0 Å². The summed E-state index contributed by atoms with van der Waals surface area (Å²) >= 11 is 0. The first-order chi connectivity index (χ1) is 7.85. The van der Waals surface area contributed by atoms with E-state index in [9.17, 15) is 0 Å². The smallest absolute Gasteiger partial charge is 0.242 e. The normalized spacial score (nSPS) is 11.4. The van der Waals surface area contributed by atoms with Crippen LogP contribution in [0.5, 0.6) is 5.88 Å². The third kappa shape index (κ3) is 3.76. The maximum atomic E-state index is 6.00. The summed E-state index contributed by atoms with van der Waals surface area (Å²) in [6, 6.07) is 0. The highest BCUT2D eigenvalue weighted by molar-refractivity contribution is 5.67. The van der Waals surface area contributed by atoms with Crippen molar-refractivity contribution in [1.29, 1.82) is 0 Å². The number of aromatic nitrogens is 2. The molecule has 5 heteroatoms. The summed E-state index contributed by atoms with van der Waals surface area (Å²) in [6.45, 7) is 9.82. The molecule has 0 fully saturated rings. The molecule has 0 saturated carbocycles. The lowest BCUT2D eigenvalue weighted by Gasteiger charge is -2.28. The summed E-state index contributed by atoms with van der Waals surface area (Å²) in [4.78, 5) is 10.3. The zero-order chi connectivity index (χ0) is 13.1. The van der Waals surface area contributed by atoms with Crippen LogP contribution in [0.2, 0.25) is 0 Å². The predicted molar refractivity (Wildman–Crippen MR) is 70.3 cm³/mol. The topological polar surface area (TPSA) is 64.3 Å². The van der Waals surface area contributed by atoms with Crippen LogP contribution in [-0.4, -0.2) is 30.2 Å². The van der Waals surface area contributed by atoms with Crippen LogP contribution in [0, 0.1) is 5.41 Å². The van der Waals surface area contributed by atoms with Gasteiger partial charge < -0.3 is 15.4 Å². The first-order valence-corrected chi connectivity index (χ1v) is 5.79. The van der Waals surface area contributed by atoms with Gasteiger partial charge in [0, 0.05) is 13.6 Å². The molecular weight excluding hydrogens is 216 g/mol. The second kappa shape index (κ2) is 5.21. The third-order valence-corrected chi connectivity index (χ3v) is 2.18. The zero-order valence-corrected chi connectivity index (χ0v) is 11.3. The molecule has 17 heavy (non-hydrogen) atoms. The molecule has 1 heterocycles. The van der Waals surface area contributed by atoms with Crippen LogP contribution in [0.3, 0.4) is 0 Å². The van der Waals surface area contributed by atoms with Gasteiger partial charge in [-0.2, -0.15) is 4.98 Å². The number of nitrogen functional groups attached to an aromatic ring is 1. The van der Waals surface area contributed by atoms with E-state index in [1.807, 2.05) is 18.9 Å². The molecule has 1 aromatic rings. The lowest BCUT2D eigenvalue weighted by molar-refractivity contribution is 0.328. The molecule has 1 rings (SSSR count). The number of hydrogen-bond donors (Lipinski definition) is 1. The van der Waals surface area contributed by atoms with Gasteiger partial charge in [0.1, 0.15) is 12.0 Å². The molecule has 5 nitrogen and oxygen atoms in total. The number of rotatable bonds is 4. The molecule has 0 aliphatic rings. The summed E-state index contributed by atoms with van der Waals surface area (Å²) in [6.07, 6.45) is 1.48. The van der Waals surface area contributed by atoms with Gasteiger partial charge in [0.2, 0.25) is 5.88 Å². The van der Waals surface area contributed by atoms with Gasteiger partial charge in [0.15, 0.2) is 5.82 Å². The average Bonchev–Trinajstić information content (AvgIpc) is 2.18. The molecule has 2 N–H and O–H groups in total. The second-order valence-electron chi connectivity index (χ2n) is 5.27. The number of anilines is 2. The second-order valence-corrected chi connectivity index (χ2v) is 5.27. The molecule has 0 bridgehead atoms. The van der Waals surface area contributed by atoms with Crippen molar-refractivity contribution >= 4 is 11.5 Å². The van der Waals surface area contributed by atoms with Crippen molar-refractivity contribution in [3.63, 3.8) is 0 Å². The number of ether oxygens (including phenoxy) is 1. The van der Waals surface area contributed by atoms with Crippen LogP contribution in [0.15, 0.2) is 6.33 Å². The van der Waals surface area contributed by atoms with E-state index in [0.29, 0.717) is 18.2 Å². The Kier molecular flexibility index (Phi) is 4.15. The molecule has 0 unspecified atom stereocenters. The van der Waals surface area contributed by atoms with Crippen molar-refractivity contribution < 1.29 is 4.74 Å². The molecule has 0 spiro atoms. The van der Waals surface area contributed by atoms with Crippen molar-refractivity contribution in [3.05, 3.63) is 6.33 Å². The molecule has 96 valence electrons. The Bertz CT molecular complexity index is 373. The Morgan fingerprint density at radius 3 is 2.53 bits per heavy atom. The van der Waals surface area contributed by atoms with Gasteiger partial charge in [-0.15, -0.1) is 0 Å². The van der Waals surface area contributed by atoms with Gasteiger partial charge in [-0.1, -0.05) is 20.8 Å². The quantitative estimate of drug-likeness (QED) is 0.868. The summed E-state index contributed by atoms with van der Waals surface area (Å²) in [7, 11) is 1.97. The van der Waals surface area contributed by atoms with E-state index in [4.69, 9.17) is 10.5 Å². The highest BCUT2D eigenvalue weighted by atomic mass is 16.5. The zero-order valence-electron chi connectivity index (χ0n) is 11.3. The van der Waals surface area contributed by atoms with Crippen LogP contribution in [0.4, 0.5) is 11.5 Å². The fourth-order valence-electron chi connectivity index (χ4n) is 1.71. The largest absolute Gasteiger partial charge is 0.476 e. The molecule has 0 aliphatic heterocycles. The minimum absolute atomic E-state index is 0.178. The standard InChI is InChI=1S/C12H22N4O/c1-6-17-11-9(13)10(14-8-15-11)16(5)7-12(2,3)4/h8H,6-7,13H2,1-5H3. The van der Waals surface area contributed by atoms with Crippen molar-refractivity contribution in [2.75, 3.05) is 30.8 Å². The first-order valence-electron chi connectivity index (χ1n) is 5.79. The molecule has 0 saturated heterocycles. The molecule has 0 radical (unpaired) electrons. The van der Waals surface area contributed by atoms with E-state index in [-0.39, 0.29) is 5.41 Å². The van der Waals surface area contributed by atoms with Gasteiger partial charge in [-0.3, -0.25) is 0 Å². The number of nitrogens with zero attached hydrogens (tertiary/aromatic N) is 3. The minimum Gasteiger partial charge on any atom is -0.476 e. The fraction of sp³-hybridized carbons (Fsp3) is 0.667. The average molecular weight is 238 g/mol. The Morgan fingerprint density at radius 2 is 2.00 bits per heavy atom. The van der Waals surface area contributed by atoms with E-state index >= 15 is 0 Å². The molecule has 0 atom stereocenters. The summed E-state index contributed by atoms with van der Waals surface area (Å²) in [5, 5.41) is 0. The van der Waals surface area contributed by atoms with Crippen LogP contribution >= 0.6 is 0 Å². The Balaban J connectivity index is 2.94. The molecule has 1 aromatic heterocycles. The van der Waals surface area contributed by atoms with Gasteiger partial charge in [-0.05, 0) is 12.3 Å². The lowest BCUT2D eigenvalue weighted by Crippen LogP contribution is -2.30. The van der Waals surface area contributed by atoms with Crippen molar-refractivity contribution in [1.82, 2.24) is 9.97 Å². The summed E-state index contributed by atoms with van der Waals surface area (Å²) < 4.78 is 5.35. The van der Waals surface area contributed by atoms with E-state index < -0.39 is 0 Å². The van der Waals surface area contributed by atoms with Gasteiger partial charge in [0.25, 0.3) is 0 Å². The monoisotopic (exact) mass is 238 g/mol. The summed E-state index contributed by atoms with van der Waals surface area (Å²) in [5.41, 5.74) is 6.68. The third-order valence-electron chi connectivity index (χ3n) is 2.18. The van der Waals surface area contributed by atoms with Crippen molar-refractivity contribution in [2.45, 2.75) is 27.7 Å². The van der Waals surface area contributed by atoms with Crippen LogP contribution in [-0.2, 0) is 0 Å². The number of hydrogen-bond acceptors (Lipinski definition) is 5. The highest BCUT2D eigenvalue weighted by Gasteiger charge is 2.18. The van der Waals surface area contributed by atoms with Crippen molar-refractivity contribution in [2.24, 2.45) is 5.41 Å². The van der Waals surface area contributed by atoms with Crippen LogP contribution in [0.1, 0.15) is 27.7 Å². The molecule has 0 aromatic carbocycles. The molecule has 0 amide bonds. The fourth-order valence-corrected chi connectivity index (χ4v) is 1.71. The van der Waals surface area contributed by atoms with E-state index in [0.717, 1.165) is 12.4 Å². The lowest BCUT2D eigenvalue weighted by atomic mass is 9.96. The van der Waals surface area contributed by atoms with E-state index in [2.05, 4.69) is 30.7 Å². The van der Waals surface area contributed by atoms with Gasteiger partial charge in [0.05, 0.1) is 6.61 Å². The maximum Gasteiger partial charge on any atom is 0.242 e. The minimum atomic E-state index is 0.178. The van der Waals surface area contributed by atoms with Gasteiger partial charge >= 0.3 is 0 Å². The SMILES string of the molecule is CCOc1ncnc(N(C)CC(C)(C)C)c1N. The van der Waals surface area contributed by atoms with E-state index in [1.165, 1.54) is 6.33 Å². The van der Waals surface area contributed by atoms with Crippen LogP contribution < -0.4 is 15.4 Å². The molecular formula is C12H22N4O. The Morgan fingerprint density at radius 1 is 1.35 bits per heavy atom. The van der Waals surface area contributed by atoms with Gasteiger partial charge in [-0.25, -0.2) is 4.98 Å². The Hall–Kier alpha value is -1.52. The molecule has 0 aliphatic carbocycles. The van der Waals surface area contributed by atoms with Crippen molar-refractivity contribution in [3.8, 4) is 5.88 Å². The summed E-state index contributed by atoms with van der Waals surface area (Å²) in [5.74, 6) is 1.18. The first kappa shape index (κ1) is 13.5.